The molecule has 0 bridgehead atoms. The van der Waals surface area contributed by atoms with Crippen molar-refractivity contribution >= 4 is 16.9 Å². The maximum absolute atomic E-state index is 6.28. The van der Waals surface area contributed by atoms with Crippen LogP contribution in [0.25, 0.3) is 0 Å². The number of nitrogens with zero attached hydrogens (tertiary/aromatic N) is 2. The highest BCUT2D eigenvalue weighted by atomic mass is 35.5. The van der Waals surface area contributed by atoms with Gasteiger partial charge in [0.15, 0.2) is 0 Å². The maximum Gasteiger partial charge on any atom is 0.345 e. The van der Waals surface area contributed by atoms with E-state index in [1.807, 2.05) is 0 Å². The van der Waals surface area contributed by atoms with Crippen molar-refractivity contribution in [1.29, 1.82) is 0 Å². The number of amidine groups is 1. The van der Waals surface area contributed by atoms with E-state index >= 15 is 0 Å². The summed E-state index contributed by atoms with van der Waals surface area (Å²) in [4.78, 5) is 2.31. The Bertz CT molecular complexity index is 205. The molecular formula is C11H22Cl2N2. The number of unbranched alkanes of at least 4 members (excludes halogenated alkanes) is 2. The van der Waals surface area contributed by atoms with E-state index in [4.69, 9.17) is 11.6 Å². The molecule has 1 aliphatic heterocycles. The van der Waals surface area contributed by atoms with E-state index in [0.717, 1.165) is 31.5 Å². The molecule has 0 N–H and O–H groups in total. The second kappa shape index (κ2) is 8.23. The largest absolute Gasteiger partial charge is 1.00 e. The predicted octanol–water partition coefficient (Wildman–Crippen LogP) is -0.486. The first kappa shape index (κ1) is 15.0. The quantitative estimate of drug-likeness (QED) is 0.457. The minimum Gasteiger partial charge on any atom is -1.00 e. The number of hydrogen-bond acceptors (Lipinski definition) is 1. The van der Waals surface area contributed by atoms with E-state index in [1.54, 1.807) is 0 Å². The van der Waals surface area contributed by atoms with E-state index in [0.29, 0.717) is 0 Å². The molecule has 90 valence electrons. The molecule has 0 aromatic heterocycles. The minimum absolute atomic E-state index is 0. The van der Waals surface area contributed by atoms with E-state index < -0.39 is 0 Å². The smallest absolute Gasteiger partial charge is 0.345 e. The highest BCUT2D eigenvalue weighted by Crippen LogP contribution is 2.08. The number of hydrogen-bond donors (Lipinski definition) is 0. The van der Waals surface area contributed by atoms with Gasteiger partial charge in [-0.15, -0.1) is 0 Å². The van der Waals surface area contributed by atoms with Crippen LogP contribution in [-0.2, 0) is 0 Å². The van der Waals surface area contributed by atoms with Crippen molar-refractivity contribution in [3.05, 3.63) is 0 Å². The van der Waals surface area contributed by atoms with Gasteiger partial charge in [-0.25, -0.2) is 9.48 Å². The van der Waals surface area contributed by atoms with Crippen LogP contribution in [0.3, 0.4) is 0 Å². The molecule has 15 heavy (non-hydrogen) atoms. The second-order valence-electron chi connectivity index (χ2n) is 3.95. The van der Waals surface area contributed by atoms with E-state index in [-0.39, 0.29) is 12.4 Å². The SMILES string of the molecule is CCCCN1CC[N+](CCCC)=C1Cl.[Cl-]. The molecule has 0 aromatic carbocycles. The Morgan fingerprint density at radius 1 is 1.27 bits per heavy atom. The van der Waals surface area contributed by atoms with Crippen LogP contribution in [0.2, 0.25) is 0 Å². The van der Waals surface area contributed by atoms with Crippen LogP contribution in [0.15, 0.2) is 0 Å². The van der Waals surface area contributed by atoms with Gasteiger partial charge in [0.25, 0.3) is 0 Å². The zero-order chi connectivity index (χ0) is 10.4. The van der Waals surface area contributed by atoms with Gasteiger partial charge in [-0.1, -0.05) is 26.7 Å². The molecule has 1 heterocycles. The predicted molar refractivity (Wildman–Crippen MR) is 62.2 cm³/mol. The summed E-state index contributed by atoms with van der Waals surface area (Å²) in [5.74, 6) is 0. The van der Waals surface area contributed by atoms with Gasteiger partial charge in [-0.05, 0) is 12.8 Å². The van der Waals surface area contributed by atoms with Crippen molar-refractivity contribution in [3.8, 4) is 0 Å². The summed E-state index contributed by atoms with van der Waals surface area (Å²) < 4.78 is 2.31. The summed E-state index contributed by atoms with van der Waals surface area (Å²) >= 11 is 6.28. The average molecular weight is 253 g/mol. The van der Waals surface area contributed by atoms with Crippen LogP contribution in [0, 0.1) is 0 Å². The average Bonchev–Trinajstić information content (AvgIpc) is 2.54. The third kappa shape index (κ3) is 4.60. The Morgan fingerprint density at radius 2 is 1.93 bits per heavy atom. The van der Waals surface area contributed by atoms with Gasteiger partial charge in [0, 0.05) is 11.6 Å². The molecule has 0 unspecified atom stereocenters. The van der Waals surface area contributed by atoms with E-state index in [2.05, 4.69) is 23.3 Å². The van der Waals surface area contributed by atoms with Crippen molar-refractivity contribution in [2.24, 2.45) is 0 Å². The topological polar surface area (TPSA) is 6.25 Å². The standard InChI is InChI=1S/C11H22ClN2.ClH/c1-3-5-7-13-9-10-14(11(13)12)8-6-4-2;/h3-10H2,1-2H3;1H/q+1;/p-1. The Hall–Kier alpha value is 0.0500. The van der Waals surface area contributed by atoms with Gasteiger partial charge in [0.2, 0.25) is 0 Å². The Kier molecular flexibility index (Phi) is 8.26. The molecule has 0 radical (unpaired) electrons. The third-order valence-corrected chi connectivity index (χ3v) is 3.20. The van der Waals surface area contributed by atoms with Crippen molar-refractivity contribution in [2.75, 3.05) is 26.2 Å². The van der Waals surface area contributed by atoms with Gasteiger partial charge in [-0.2, -0.15) is 0 Å². The maximum atomic E-state index is 6.28. The zero-order valence-electron chi connectivity index (χ0n) is 9.81. The summed E-state index contributed by atoms with van der Waals surface area (Å²) in [5, 5.41) is 0.979. The highest BCUT2D eigenvalue weighted by Gasteiger charge is 2.27. The zero-order valence-corrected chi connectivity index (χ0v) is 11.3. The summed E-state index contributed by atoms with van der Waals surface area (Å²) in [6.07, 6.45) is 4.99. The first-order chi connectivity index (χ1) is 6.79. The normalized spacial score (nSPS) is 15.8. The van der Waals surface area contributed by atoms with Crippen LogP contribution in [0.4, 0.5) is 0 Å². The van der Waals surface area contributed by atoms with E-state index in [1.165, 1.54) is 25.7 Å². The Balaban J connectivity index is 0.00000196. The van der Waals surface area contributed by atoms with Crippen LogP contribution in [0.1, 0.15) is 39.5 Å². The Morgan fingerprint density at radius 3 is 2.53 bits per heavy atom. The lowest BCUT2D eigenvalue weighted by Crippen LogP contribution is -3.00. The molecule has 1 rings (SSSR count). The van der Waals surface area contributed by atoms with Crippen LogP contribution < -0.4 is 12.4 Å². The highest BCUT2D eigenvalue weighted by molar-refractivity contribution is 6.63. The summed E-state index contributed by atoms with van der Waals surface area (Å²) in [6, 6.07) is 0. The van der Waals surface area contributed by atoms with Crippen LogP contribution in [0.5, 0.6) is 0 Å². The van der Waals surface area contributed by atoms with Gasteiger partial charge >= 0.3 is 5.29 Å². The molecule has 2 nitrogen and oxygen atoms in total. The van der Waals surface area contributed by atoms with Crippen molar-refractivity contribution in [2.45, 2.75) is 39.5 Å². The summed E-state index contributed by atoms with van der Waals surface area (Å²) in [6.45, 7) is 8.92. The van der Waals surface area contributed by atoms with Gasteiger partial charge in [0.05, 0.1) is 13.1 Å². The minimum atomic E-state index is 0. The molecule has 4 heteroatoms. The molecule has 0 amide bonds. The van der Waals surface area contributed by atoms with Gasteiger partial charge < -0.3 is 12.4 Å². The summed E-state index contributed by atoms with van der Waals surface area (Å²) in [5.41, 5.74) is 0. The summed E-state index contributed by atoms with van der Waals surface area (Å²) in [7, 11) is 0. The van der Waals surface area contributed by atoms with E-state index in [9.17, 15) is 0 Å². The van der Waals surface area contributed by atoms with Crippen LogP contribution >= 0.6 is 11.6 Å². The number of rotatable bonds is 6. The van der Waals surface area contributed by atoms with Gasteiger partial charge in [-0.3, -0.25) is 0 Å². The fraction of sp³-hybridized carbons (Fsp3) is 0.909. The van der Waals surface area contributed by atoms with Crippen molar-refractivity contribution < 1.29 is 17.0 Å². The van der Waals surface area contributed by atoms with Crippen molar-refractivity contribution in [1.82, 2.24) is 4.90 Å². The fourth-order valence-electron chi connectivity index (χ4n) is 1.73. The first-order valence-corrected chi connectivity index (χ1v) is 6.19. The molecule has 0 saturated heterocycles. The lowest BCUT2D eigenvalue weighted by Gasteiger charge is -2.07. The first-order valence-electron chi connectivity index (χ1n) is 5.82. The second-order valence-corrected chi connectivity index (χ2v) is 4.29. The molecule has 0 aliphatic carbocycles. The third-order valence-electron chi connectivity index (χ3n) is 2.72. The molecule has 0 aromatic rings. The van der Waals surface area contributed by atoms with Crippen LogP contribution in [-0.4, -0.2) is 40.9 Å². The molecular weight excluding hydrogens is 231 g/mol. The Labute approximate surface area is 105 Å². The number of halogens is 2. The molecule has 0 fully saturated rings. The molecule has 1 aliphatic rings. The van der Waals surface area contributed by atoms with Gasteiger partial charge in [0.1, 0.15) is 13.1 Å². The lowest BCUT2D eigenvalue weighted by molar-refractivity contribution is -0.516. The molecule has 0 spiro atoms. The molecule has 0 saturated carbocycles. The monoisotopic (exact) mass is 252 g/mol. The van der Waals surface area contributed by atoms with Crippen molar-refractivity contribution in [3.63, 3.8) is 0 Å². The fourth-order valence-corrected chi connectivity index (χ4v) is 2.07. The lowest BCUT2D eigenvalue weighted by atomic mass is 10.3. The molecule has 0 atom stereocenters.